The summed E-state index contributed by atoms with van der Waals surface area (Å²) in [6.07, 6.45) is 4.76. The first-order chi connectivity index (χ1) is 9.09. The maximum absolute atomic E-state index is 10.7. The van der Waals surface area contributed by atoms with E-state index >= 15 is 0 Å². The Morgan fingerprint density at radius 1 is 1.00 bits per heavy atom. The van der Waals surface area contributed by atoms with Crippen LogP contribution in [-0.4, -0.2) is 5.11 Å². The molecule has 0 aromatic heterocycles. The second kappa shape index (κ2) is 6.43. The van der Waals surface area contributed by atoms with Crippen LogP contribution in [0.15, 0.2) is 17.0 Å². The molecule has 1 rings (SSSR count). The van der Waals surface area contributed by atoms with Gasteiger partial charge in [0.25, 0.3) is 0 Å². The number of unbranched alkanes of at least 4 members (excludes halogenated alkanes) is 2. The molecule has 0 unspecified atom stereocenters. The van der Waals surface area contributed by atoms with E-state index in [9.17, 15) is 5.11 Å². The van der Waals surface area contributed by atoms with Gasteiger partial charge in [0, 0.05) is 16.0 Å². The van der Waals surface area contributed by atoms with Gasteiger partial charge in [-0.25, -0.2) is 0 Å². The lowest BCUT2D eigenvalue weighted by atomic mass is 9.76. The normalized spacial score (nSPS) is 12.8. The van der Waals surface area contributed by atoms with Gasteiger partial charge < -0.3 is 5.11 Å². The van der Waals surface area contributed by atoms with Gasteiger partial charge in [0.2, 0.25) is 0 Å². The topological polar surface area (TPSA) is 20.2 Å². The molecular weight excluding hydrogens is 264 g/mol. The zero-order valence-electron chi connectivity index (χ0n) is 13.9. The summed E-state index contributed by atoms with van der Waals surface area (Å²) in [5.41, 5.74) is 1.93. The number of benzene rings is 1. The molecule has 0 fully saturated rings. The molecule has 1 nitrogen and oxygen atoms in total. The number of phenols is 1. The third-order valence-corrected chi connectivity index (χ3v) is 4.30. The van der Waals surface area contributed by atoms with Gasteiger partial charge in [-0.2, -0.15) is 0 Å². The Labute approximate surface area is 130 Å². The lowest BCUT2D eigenvalue weighted by Crippen LogP contribution is -2.20. The second-order valence-corrected chi connectivity index (χ2v) is 8.00. The fraction of sp³-hybridized carbons (Fsp3) is 0.667. The lowest BCUT2D eigenvalue weighted by molar-refractivity contribution is 0.394. The summed E-state index contributed by atoms with van der Waals surface area (Å²) >= 11 is 4.53. The Balaban J connectivity index is 3.21. The van der Waals surface area contributed by atoms with E-state index in [-0.39, 0.29) is 10.8 Å². The number of phenolic OH excluding ortho intramolecular Hbond substituents is 1. The summed E-state index contributed by atoms with van der Waals surface area (Å²) in [7, 11) is 0. The van der Waals surface area contributed by atoms with E-state index in [2.05, 4.69) is 54.2 Å². The summed E-state index contributed by atoms with van der Waals surface area (Å²) in [5.74, 6) is 0.455. The SMILES string of the molecule is CCCCCC(C)(C)c1cc(S)cc(C(C)(C)C)c1O. The molecule has 0 atom stereocenters. The van der Waals surface area contributed by atoms with E-state index in [1.807, 2.05) is 12.1 Å². The van der Waals surface area contributed by atoms with Crippen molar-refractivity contribution in [3.63, 3.8) is 0 Å². The van der Waals surface area contributed by atoms with Gasteiger partial charge in [-0.05, 0) is 29.4 Å². The quantitative estimate of drug-likeness (QED) is 0.516. The van der Waals surface area contributed by atoms with Gasteiger partial charge in [0.1, 0.15) is 5.75 Å². The predicted molar refractivity (Wildman–Crippen MR) is 91.2 cm³/mol. The van der Waals surface area contributed by atoms with Crippen LogP contribution in [0, 0.1) is 0 Å². The zero-order valence-corrected chi connectivity index (χ0v) is 14.8. The van der Waals surface area contributed by atoms with Crippen LogP contribution in [-0.2, 0) is 10.8 Å². The molecule has 0 saturated carbocycles. The fourth-order valence-electron chi connectivity index (χ4n) is 2.66. The van der Waals surface area contributed by atoms with Gasteiger partial charge in [0.15, 0.2) is 0 Å². The highest BCUT2D eigenvalue weighted by atomic mass is 32.1. The van der Waals surface area contributed by atoms with Gasteiger partial charge in [-0.15, -0.1) is 12.6 Å². The number of hydrogen-bond donors (Lipinski definition) is 2. The van der Waals surface area contributed by atoms with Gasteiger partial charge in [-0.1, -0.05) is 60.8 Å². The van der Waals surface area contributed by atoms with Crippen molar-refractivity contribution in [2.75, 3.05) is 0 Å². The number of aromatic hydroxyl groups is 1. The molecule has 0 radical (unpaired) electrons. The van der Waals surface area contributed by atoms with Crippen molar-refractivity contribution in [1.29, 1.82) is 0 Å². The van der Waals surface area contributed by atoms with Crippen LogP contribution in [0.2, 0.25) is 0 Å². The van der Waals surface area contributed by atoms with E-state index in [1.165, 1.54) is 19.3 Å². The molecule has 1 aromatic carbocycles. The van der Waals surface area contributed by atoms with E-state index in [0.717, 1.165) is 22.4 Å². The molecular formula is C18H30OS. The number of rotatable bonds is 5. The van der Waals surface area contributed by atoms with Crippen molar-refractivity contribution >= 4 is 12.6 Å². The van der Waals surface area contributed by atoms with Crippen molar-refractivity contribution in [3.8, 4) is 5.75 Å². The third-order valence-electron chi connectivity index (χ3n) is 4.04. The molecule has 1 N–H and O–H groups in total. The van der Waals surface area contributed by atoms with Crippen molar-refractivity contribution < 1.29 is 5.11 Å². The second-order valence-electron chi connectivity index (χ2n) is 7.48. The molecule has 0 aliphatic carbocycles. The highest BCUT2D eigenvalue weighted by Gasteiger charge is 2.28. The standard InChI is InChI=1S/C18H30OS/c1-7-8-9-10-18(5,6)15-12-13(20)11-14(16(15)19)17(2,3)4/h11-12,19-20H,7-10H2,1-6H3. The minimum atomic E-state index is -0.0723. The van der Waals surface area contributed by atoms with E-state index in [4.69, 9.17) is 0 Å². The summed E-state index contributed by atoms with van der Waals surface area (Å²) < 4.78 is 0. The smallest absolute Gasteiger partial charge is 0.123 e. The molecule has 0 aliphatic heterocycles. The van der Waals surface area contributed by atoms with Gasteiger partial charge >= 0.3 is 0 Å². The zero-order chi connectivity index (χ0) is 15.6. The largest absolute Gasteiger partial charge is 0.507 e. The molecule has 0 aliphatic rings. The minimum absolute atomic E-state index is 0.0159. The Bertz CT molecular complexity index is 455. The van der Waals surface area contributed by atoms with Crippen LogP contribution in [0.5, 0.6) is 5.75 Å². The minimum Gasteiger partial charge on any atom is -0.507 e. The van der Waals surface area contributed by atoms with Crippen molar-refractivity contribution in [1.82, 2.24) is 0 Å². The summed E-state index contributed by atoms with van der Waals surface area (Å²) in [5, 5.41) is 10.7. The highest BCUT2D eigenvalue weighted by Crippen LogP contribution is 2.42. The first kappa shape index (κ1) is 17.4. The van der Waals surface area contributed by atoms with Gasteiger partial charge in [-0.3, -0.25) is 0 Å². The predicted octanol–water partition coefficient (Wildman–Crippen LogP) is 5.84. The van der Waals surface area contributed by atoms with Crippen LogP contribution in [0.25, 0.3) is 0 Å². The first-order valence-electron chi connectivity index (χ1n) is 7.66. The fourth-order valence-corrected chi connectivity index (χ4v) is 2.92. The molecule has 2 heteroatoms. The molecule has 20 heavy (non-hydrogen) atoms. The van der Waals surface area contributed by atoms with Crippen molar-refractivity contribution in [2.24, 2.45) is 0 Å². The Hall–Kier alpha value is -0.630. The average Bonchev–Trinajstić information content (AvgIpc) is 2.30. The Morgan fingerprint density at radius 3 is 2.05 bits per heavy atom. The molecule has 0 bridgehead atoms. The maximum atomic E-state index is 10.7. The van der Waals surface area contributed by atoms with Crippen LogP contribution in [0.1, 0.15) is 78.4 Å². The first-order valence-corrected chi connectivity index (χ1v) is 8.11. The Kier molecular flexibility index (Phi) is 5.60. The highest BCUT2D eigenvalue weighted by molar-refractivity contribution is 7.80. The van der Waals surface area contributed by atoms with E-state index in [1.54, 1.807) is 0 Å². The van der Waals surface area contributed by atoms with E-state index < -0.39 is 0 Å². The Morgan fingerprint density at radius 2 is 1.55 bits per heavy atom. The number of hydrogen-bond acceptors (Lipinski definition) is 2. The summed E-state index contributed by atoms with van der Waals surface area (Å²) in [6.45, 7) is 13.0. The van der Waals surface area contributed by atoms with Crippen LogP contribution >= 0.6 is 12.6 Å². The van der Waals surface area contributed by atoms with Gasteiger partial charge in [0.05, 0.1) is 0 Å². The number of thiol groups is 1. The van der Waals surface area contributed by atoms with Crippen molar-refractivity contribution in [3.05, 3.63) is 23.3 Å². The third kappa shape index (κ3) is 4.18. The van der Waals surface area contributed by atoms with Crippen LogP contribution in [0.3, 0.4) is 0 Å². The molecule has 114 valence electrons. The molecule has 0 heterocycles. The lowest BCUT2D eigenvalue weighted by Gasteiger charge is -2.30. The molecule has 0 amide bonds. The monoisotopic (exact) mass is 294 g/mol. The van der Waals surface area contributed by atoms with Crippen molar-refractivity contribution in [2.45, 2.75) is 83.0 Å². The van der Waals surface area contributed by atoms with E-state index in [0.29, 0.717) is 5.75 Å². The summed E-state index contributed by atoms with van der Waals surface area (Å²) in [4.78, 5) is 0.936. The van der Waals surface area contributed by atoms with Crippen LogP contribution < -0.4 is 0 Å². The molecule has 1 aromatic rings. The molecule has 0 spiro atoms. The summed E-state index contributed by atoms with van der Waals surface area (Å²) in [6, 6.07) is 4.02. The molecule has 0 saturated heterocycles. The van der Waals surface area contributed by atoms with Crippen LogP contribution in [0.4, 0.5) is 0 Å². The average molecular weight is 295 g/mol. The maximum Gasteiger partial charge on any atom is 0.123 e.